The highest BCUT2D eigenvalue weighted by molar-refractivity contribution is 6.16. The van der Waals surface area contributed by atoms with Crippen LogP contribution in [0.1, 0.15) is 25.1 Å². The molecule has 1 aliphatic rings. The molecular weight excluding hydrogens is 250 g/mol. The fourth-order valence-electron chi connectivity index (χ4n) is 2.37. The summed E-state index contributed by atoms with van der Waals surface area (Å²) in [5.74, 6) is 2.70. The van der Waals surface area contributed by atoms with Gasteiger partial charge >= 0.3 is 0 Å². The second-order valence-corrected chi connectivity index (χ2v) is 5.03. The summed E-state index contributed by atoms with van der Waals surface area (Å²) in [6.45, 7) is 0.971. The van der Waals surface area contributed by atoms with E-state index in [1.165, 1.54) is 19.3 Å². The minimum atomic E-state index is 0.422. The van der Waals surface area contributed by atoms with Crippen molar-refractivity contribution in [1.82, 2.24) is 14.5 Å². The Hall–Kier alpha value is -1.29. The van der Waals surface area contributed by atoms with Gasteiger partial charge in [0.2, 0.25) is 5.88 Å². The van der Waals surface area contributed by atoms with Gasteiger partial charge in [-0.1, -0.05) is 6.42 Å². The number of aromatic nitrogens is 3. The lowest BCUT2D eigenvalue weighted by Gasteiger charge is -2.26. The maximum absolute atomic E-state index is 5.98. The quantitative estimate of drug-likeness (QED) is 0.798. The molecule has 2 aromatic rings. The van der Waals surface area contributed by atoms with Crippen LogP contribution in [0.15, 0.2) is 12.1 Å². The van der Waals surface area contributed by atoms with Crippen LogP contribution in [0.2, 0.25) is 0 Å². The molecule has 0 spiro atoms. The normalized spacial score (nSPS) is 15.9. The highest BCUT2D eigenvalue weighted by atomic mass is 35.5. The van der Waals surface area contributed by atoms with E-state index in [1.54, 1.807) is 7.11 Å². The number of alkyl halides is 1. The first-order valence-electron chi connectivity index (χ1n) is 6.28. The van der Waals surface area contributed by atoms with Crippen molar-refractivity contribution in [2.75, 3.05) is 7.11 Å². The average Bonchev–Trinajstić information content (AvgIpc) is 2.70. The number of nitrogens with zero attached hydrogens (tertiary/aromatic N) is 3. The molecule has 18 heavy (non-hydrogen) atoms. The van der Waals surface area contributed by atoms with Crippen molar-refractivity contribution >= 4 is 22.8 Å². The van der Waals surface area contributed by atoms with Crippen molar-refractivity contribution < 1.29 is 4.74 Å². The van der Waals surface area contributed by atoms with E-state index in [0.29, 0.717) is 11.8 Å². The van der Waals surface area contributed by atoms with E-state index in [9.17, 15) is 0 Å². The lowest BCUT2D eigenvalue weighted by atomic mass is 9.85. The molecule has 2 aromatic heterocycles. The molecule has 0 aliphatic heterocycles. The molecule has 1 aliphatic carbocycles. The van der Waals surface area contributed by atoms with Gasteiger partial charge in [0.05, 0.1) is 13.0 Å². The summed E-state index contributed by atoms with van der Waals surface area (Å²) in [4.78, 5) is 9.02. The Kier molecular flexibility index (Phi) is 3.12. The van der Waals surface area contributed by atoms with Crippen LogP contribution < -0.4 is 4.74 Å². The van der Waals surface area contributed by atoms with Crippen LogP contribution in [0.25, 0.3) is 11.2 Å². The summed E-state index contributed by atoms with van der Waals surface area (Å²) in [5.41, 5.74) is 1.78. The maximum atomic E-state index is 5.98. The Bertz CT molecular complexity index is 563. The van der Waals surface area contributed by atoms with Gasteiger partial charge in [-0.15, -0.1) is 11.6 Å². The number of hydrogen-bond donors (Lipinski definition) is 0. The minimum absolute atomic E-state index is 0.422. The number of fused-ring (bicyclic) bond motifs is 1. The van der Waals surface area contributed by atoms with Crippen molar-refractivity contribution in [3.63, 3.8) is 0 Å². The largest absolute Gasteiger partial charge is 0.481 e. The summed E-state index contributed by atoms with van der Waals surface area (Å²) < 4.78 is 7.33. The Morgan fingerprint density at radius 3 is 2.83 bits per heavy atom. The van der Waals surface area contributed by atoms with Gasteiger partial charge in [0.15, 0.2) is 5.65 Å². The topological polar surface area (TPSA) is 39.9 Å². The third-order valence-corrected chi connectivity index (χ3v) is 3.88. The predicted molar refractivity (Wildman–Crippen MR) is 71.0 cm³/mol. The van der Waals surface area contributed by atoms with E-state index in [4.69, 9.17) is 16.3 Å². The van der Waals surface area contributed by atoms with Gasteiger partial charge in [0.25, 0.3) is 0 Å². The number of hydrogen-bond acceptors (Lipinski definition) is 3. The lowest BCUT2D eigenvalue weighted by Crippen LogP contribution is -2.19. The summed E-state index contributed by atoms with van der Waals surface area (Å²) >= 11 is 5.98. The van der Waals surface area contributed by atoms with Crippen LogP contribution in [0, 0.1) is 5.92 Å². The zero-order chi connectivity index (χ0) is 12.5. The van der Waals surface area contributed by atoms with Crippen LogP contribution in [0.5, 0.6) is 5.88 Å². The zero-order valence-corrected chi connectivity index (χ0v) is 11.2. The molecule has 96 valence electrons. The van der Waals surface area contributed by atoms with Gasteiger partial charge in [-0.3, -0.25) is 0 Å². The first-order chi connectivity index (χ1) is 8.81. The summed E-state index contributed by atoms with van der Waals surface area (Å²) in [6, 6.07) is 3.77. The minimum Gasteiger partial charge on any atom is -0.481 e. The van der Waals surface area contributed by atoms with E-state index in [-0.39, 0.29) is 0 Å². The highest BCUT2D eigenvalue weighted by Crippen LogP contribution is 2.30. The van der Waals surface area contributed by atoms with E-state index in [1.807, 2.05) is 12.1 Å². The van der Waals surface area contributed by atoms with Crippen LogP contribution in [0.4, 0.5) is 0 Å². The predicted octanol–water partition coefficient (Wildman–Crippen LogP) is 2.98. The molecule has 0 unspecified atom stereocenters. The summed E-state index contributed by atoms with van der Waals surface area (Å²) in [7, 11) is 1.63. The first kappa shape index (κ1) is 11.8. The van der Waals surface area contributed by atoms with Crippen LogP contribution >= 0.6 is 11.6 Å². The third-order valence-electron chi connectivity index (χ3n) is 3.64. The number of ether oxygens (including phenoxy) is 1. The lowest BCUT2D eigenvalue weighted by molar-refractivity contribution is 0.276. The molecule has 5 heteroatoms. The molecule has 0 bridgehead atoms. The molecule has 1 saturated carbocycles. The van der Waals surface area contributed by atoms with Crippen molar-refractivity contribution in [1.29, 1.82) is 0 Å². The third kappa shape index (κ3) is 1.94. The fourth-order valence-corrected chi connectivity index (χ4v) is 2.58. The van der Waals surface area contributed by atoms with Gasteiger partial charge in [-0.25, -0.2) is 4.98 Å². The molecule has 3 rings (SSSR count). The molecule has 0 radical (unpaired) electrons. The summed E-state index contributed by atoms with van der Waals surface area (Å²) in [6.07, 6.45) is 3.93. The van der Waals surface area contributed by atoms with Gasteiger partial charge in [0.1, 0.15) is 11.3 Å². The highest BCUT2D eigenvalue weighted by Gasteiger charge is 2.21. The van der Waals surface area contributed by atoms with Crippen molar-refractivity contribution in [3.8, 4) is 5.88 Å². The molecule has 0 aromatic carbocycles. The number of methoxy groups -OCH3 is 1. The first-order valence-corrected chi connectivity index (χ1v) is 6.81. The van der Waals surface area contributed by atoms with Gasteiger partial charge in [0, 0.05) is 12.6 Å². The zero-order valence-electron chi connectivity index (χ0n) is 10.4. The summed E-state index contributed by atoms with van der Waals surface area (Å²) in [5, 5.41) is 0. The van der Waals surface area contributed by atoms with Gasteiger partial charge < -0.3 is 9.30 Å². The van der Waals surface area contributed by atoms with E-state index >= 15 is 0 Å². The molecule has 0 amide bonds. The molecule has 2 heterocycles. The average molecular weight is 266 g/mol. The van der Waals surface area contributed by atoms with Crippen molar-refractivity contribution in [3.05, 3.63) is 18.0 Å². The van der Waals surface area contributed by atoms with Gasteiger partial charge in [-0.2, -0.15) is 4.98 Å². The second kappa shape index (κ2) is 4.76. The number of halogens is 1. The van der Waals surface area contributed by atoms with E-state index in [2.05, 4.69) is 14.5 Å². The number of imidazole rings is 1. The molecule has 0 N–H and O–H groups in total. The van der Waals surface area contributed by atoms with Crippen LogP contribution in [-0.4, -0.2) is 21.6 Å². The van der Waals surface area contributed by atoms with Crippen LogP contribution in [0.3, 0.4) is 0 Å². The standard InChI is InChI=1S/C13H16ClN3O/c1-18-12-6-5-10-13(16-12)17(11(7-14)15-10)8-9-3-2-4-9/h5-6,9H,2-4,7-8H2,1H3. The van der Waals surface area contributed by atoms with Crippen LogP contribution in [-0.2, 0) is 12.4 Å². The maximum Gasteiger partial charge on any atom is 0.215 e. The molecule has 1 fully saturated rings. The smallest absolute Gasteiger partial charge is 0.215 e. The molecule has 0 atom stereocenters. The SMILES string of the molecule is COc1ccc2nc(CCl)n(CC3CCC3)c2n1. The Balaban J connectivity index is 2.05. The Morgan fingerprint density at radius 2 is 2.22 bits per heavy atom. The Labute approximate surface area is 111 Å². The van der Waals surface area contributed by atoms with Crippen molar-refractivity contribution in [2.45, 2.75) is 31.7 Å². The van der Waals surface area contributed by atoms with Gasteiger partial charge in [-0.05, 0) is 24.8 Å². The van der Waals surface area contributed by atoms with E-state index in [0.717, 1.165) is 29.5 Å². The number of rotatable bonds is 4. The monoisotopic (exact) mass is 265 g/mol. The molecular formula is C13H16ClN3O. The fraction of sp³-hybridized carbons (Fsp3) is 0.538. The second-order valence-electron chi connectivity index (χ2n) is 4.77. The molecule has 0 saturated heterocycles. The van der Waals surface area contributed by atoms with Crippen molar-refractivity contribution in [2.24, 2.45) is 5.92 Å². The van der Waals surface area contributed by atoms with E-state index < -0.39 is 0 Å². The molecule has 4 nitrogen and oxygen atoms in total. The number of pyridine rings is 1. The Morgan fingerprint density at radius 1 is 1.39 bits per heavy atom.